The minimum absolute atomic E-state index is 0.0288. The molecule has 1 aromatic carbocycles. The van der Waals surface area contributed by atoms with Crippen LogP contribution in [0, 0.1) is 18.2 Å². The second kappa shape index (κ2) is 8.51. The van der Waals surface area contributed by atoms with Crippen LogP contribution < -0.4 is 10.5 Å². The molecule has 2 heterocycles. The molecule has 7 nitrogen and oxygen atoms in total. The number of amidine groups is 1. The van der Waals surface area contributed by atoms with Gasteiger partial charge >= 0.3 is 0 Å². The van der Waals surface area contributed by atoms with Crippen molar-refractivity contribution < 1.29 is 26.3 Å². The molecule has 2 aromatic rings. The van der Waals surface area contributed by atoms with Crippen molar-refractivity contribution in [2.75, 3.05) is 6.61 Å². The van der Waals surface area contributed by atoms with Crippen molar-refractivity contribution in [3.8, 4) is 18.2 Å². The van der Waals surface area contributed by atoms with Gasteiger partial charge in [0.1, 0.15) is 27.6 Å². The van der Waals surface area contributed by atoms with E-state index in [1.165, 1.54) is 26.1 Å². The fourth-order valence-electron chi connectivity index (χ4n) is 3.20. The number of ether oxygens (including phenoxy) is 1. The highest BCUT2D eigenvalue weighted by molar-refractivity contribution is 7.94. The second-order valence-corrected chi connectivity index (χ2v) is 10.5. The number of halogens is 3. The van der Waals surface area contributed by atoms with E-state index >= 15 is 4.39 Å². The lowest BCUT2D eigenvalue weighted by atomic mass is 9.90. The second-order valence-electron chi connectivity index (χ2n) is 7.98. The summed E-state index contributed by atoms with van der Waals surface area (Å²) in [5, 5.41) is 0. The molecule has 0 bridgehead atoms. The summed E-state index contributed by atoms with van der Waals surface area (Å²) < 4.78 is 73.4. The average Bonchev–Trinajstić information content (AvgIpc) is 2.77. The molecule has 174 valence electrons. The van der Waals surface area contributed by atoms with E-state index in [-0.39, 0.29) is 35.1 Å². The van der Waals surface area contributed by atoms with Crippen molar-refractivity contribution in [3.05, 3.63) is 53.2 Å². The molecule has 0 amide bonds. The summed E-state index contributed by atoms with van der Waals surface area (Å²) in [6.07, 6.45) is 8.38. The van der Waals surface area contributed by atoms with Crippen LogP contribution in [0.2, 0.25) is 0 Å². The van der Waals surface area contributed by atoms with E-state index in [4.69, 9.17) is 16.9 Å². The van der Waals surface area contributed by atoms with E-state index in [0.29, 0.717) is 0 Å². The predicted molar refractivity (Wildman–Crippen MR) is 119 cm³/mol. The van der Waals surface area contributed by atoms with E-state index in [0.717, 1.165) is 31.3 Å². The van der Waals surface area contributed by atoms with Crippen LogP contribution >= 0.6 is 0 Å². The molecule has 0 saturated carbocycles. The molecule has 1 aromatic heterocycles. The summed E-state index contributed by atoms with van der Waals surface area (Å²) >= 11 is 0. The molecule has 0 aliphatic carbocycles. The van der Waals surface area contributed by atoms with Gasteiger partial charge in [-0.25, -0.2) is 31.6 Å². The number of nitrogens with two attached hydrogens (primary N) is 1. The molecule has 2 N–H and O–H groups in total. The summed E-state index contributed by atoms with van der Waals surface area (Å²) in [6, 6.07) is 3.32. The molecule has 33 heavy (non-hydrogen) atoms. The van der Waals surface area contributed by atoms with E-state index in [1.54, 1.807) is 0 Å². The molecule has 0 unspecified atom stereocenters. The lowest BCUT2D eigenvalue weighted by Gasteiger charge is -2.40. The van der Waals surface area contributed by atoms with Crippen molar-refractivity contribution in [2.45, 2.75) is 36.6 Å². The van der Waals surface area contributed by atoms with Gasteiger partial charge in [-0.1, -0.05) is 12.0 Å². The van der Waals surface area contributed by atoms with Gasteiger partial charge in [-0.05, 0) is 44.5 Å². The van der Waals surface area contributed by atoms with Crippen LogP contribution in [-0.4, -0.2) is 41.1 Å². The zero-order valence-electron chi connectivity index (χ0n) is 18.0. The van der Waals surface area contributed by atoms with Gasteiger partial charge in [-0.15, -0.1) is 6.42 Å². The largest absolute Gasteiger partial charge is 0.463 e. The standard InChI is InChI=1S/C22H21F3N4O3S/c1-5-8-32-18-12-27-17(11-28-18)16(24)10-13-6-7-15(23)14(9-13)22(4)19(25)33(30,31)21(2,3)20(26)29-22/h1,6-7,9-12,19H,8H2,2-4H3,(H2,26,29)/b16-10-/t19-,22-/m1/s1. The van der Waals surface area contributed by atoms with Crippen LogP contribution in [0.1, 0.15) is 37.6 Å². The maximum Gasteiger partial charge on any atom is 0.233 e. The van der Waals surface area contributed by atoms with Crippen LogP contribution in [0.15, 0.2) is 35.6 Å². The van der Waals surface area contributed by atoms with Crippen molar-refractivity contribution in [3.63, 3.8) is 0 Å². The Balaban J connectivity index is 2.02. The fraction of sp³-hybridized carbons (Fsp3) is 0.318. The highest BCUT2D eigenvalue weighted by Crippen LogP contribution is 2.44. The third-order valence-corrected chi connectivity index (χ3v) is 8.04. The number of hydrogen-bond acceptors (Lipinski definition) is 7. The normalized spacial score (nSPS) is 24.0. The van der Waals surface area contributed by atoms with E-state index < -0.39 is 37.3 Å². The highest BCUT2D eigenvalue weighted by Gasteiger charge is 2.57. The average molecular weight is 478 g/mol. The molecule has 0 saturated heterocycles. The van der Waals surface area contributed by atoms with Gasteiger partial charge in [-0.2, -0.15) is 0 Å². The first-order chi connectivity index (χ1) is 15.3. The van der Waals surface area contributed by atoms with Crippen molar-refractivity contribution in [1.82, 2.24) is 9.97 Å². The lowest BCUT2D eigenvalue weighted by molar-refractivity contribution is 0.267. The van der Waals surface area contributed by atoms with Crippen molar-refractivity contribution in [1.29, 1.82) is 0 Å². The number of hydrogen-bond donors (Lipinski definition) is 1. The topological polar surface area (TPSA) is 108 Å². The first-order valence-corrected chi connectivity index (χ1v) is 11.2. The molecule has 1 aliphatic rings. The number of aromatic nitrogens is 2. The van der Waals surface area contributed by atoms with E-state index in [2.05, 4.69) is 20.9 Å². The zero-order chi connectivity index (χ0) is 24.6. The molecule has 3 rings (SSSR count). The number of benzene rings is 1. The smallest absolute Gasteiger partial charge is 0.233 e. The first kappa shape index (κ1) is 24.3. The number of sulfone groups is 1. The first-order valence-electron chi connectivity index (χ1n) is 9.64. The number of aliphatic imine (C=N–C) groups is 1. The van der Waals surface area contributed by atoms with Crippen LogP contribution in [-0.2, 0) is 15.4 Å². The molecule has 1 aliphatic heterocycles. The molecule has 2 atom stereocenters. The third-order valence-electron chi connectivity index (χ3n) is 5.40. The minimum atomic E-state index is -4.47. The number of rotatable bonds is 5. The molecule has 0 spiro atoms. The Labute approximate surface area is 189 Å². The Morgan fingerprint density at radius 2 is 2.00 bits per heavy atom. The molecule has 0 fully saturated rings. The predicted octanol–water partition coefficient (Wildman–Crippen LogP) is 3.17. The number of nitrogens with zero attached hydrogens (tertiary/aromatic N) is 3. The number of terminal acetylenes is 1. The van der Waals surface area contributed by atoms with Gasteiger partial charge in [0.15, 0.2) is 22.3 Å². The highest BCUT2D eigenvalue weighted by atomic mass is 32.2. The summed E-state index contributed by atoms with van der Waals surface area (Å²) in [7, 11) is -4.47. The monoisotopic (exact) mass is 478 g/mol. The summed E-state index contributed by atoms with van der Waals surface area (Å²) in [5.41, 5.74) is 0.661. The molecular weight excluding hydrogens is 457 g/mol. The van der Waals surface area contributed by atoms with Crippen LogP contribution in [0.3, 0.4) is 0 Å². The van der Waals surface area contributed by atoms with Gasteiger partial charge < -0.3 is 10.5 Å². The fourth-order valence-corrected chi connectivity index (χ4v) is 4.83. The Bertz CT molecular complexity index is 1280. The maximum absolute atomic E-state index is 15.3. The Morgan fingerprint density at radius 1 is 1.30 bits per heavy atom. The van der Waals surface area contributed by atoms with Crippen LogP contribution in [0.5, 0.6) is 5.88 Å². The van der Waals surface area contributed by atoms with Gasteiger partial charge in [0, 0.05) is 5.56 Å². The van der Waals surface area contributed by atoms with Crippen LogP contribution in [0.25, 0.3) is 11.9 Å². The quantitative estimate of drug-likeness (QED) is 0.662. The van der Waals surface area contributed by atoms with Gasteiger partial charge in [0.25, 0.3) is 0 Å². The SMILES string of the molecule is C#CCOc1cnc(/C(F)=C/c2ccc(F)c([C@@]3(C)N=C(N)C(C)(C)S(=O)(=O)[C@H]3F)c2)cn1. The maximum atomic E-state index is 15.3. The Hall–Kier alpha value is -3.39. The third kappa shape index (κ3) is 4.18. The summed E-state index contributed by atoms with van der Waals surface area (Å²) in [6.45, 7) is 3.54. The van der Waals surface area contributed by atoms with Gasteiger partial charge in [0.05, 0.1) is 12.4 Å². The van der Waals surface area contributed by atoms with E-state index in [9.17, 15) is 17.2 Å². The summed E-state index contributed by atoms with van der Waals surface area (Å²) in [4.78, 5) is 11.8. The Kier molecular flexibility index (Phi) is 6.26. The zero-order valence-corrected chi connectivity index (χ0v) is 18.8. The molecule has 11 heteroatoms. The van der Waals surface area contributed by atoms with Gasteiger partial charge in [0.2, 0.25) is 11.4 Å². The molecule has 0 radical (unpaired) electrons. The number of alkyl halides is 1. The van der Waals surface area contributed by atoms with E-state index in [1.807, 2.05) is 0 Å². The van der Waals surface area contributed by atoms with Crippen LogP contribution in [0.4, 0.5) is 13.2 Å². The Morgan fingerprint density at radius 3 is 2.61 bits per heavy atom. The van der Waals surface area contributed by atoms with Gasteiger partial charge in [-0.3, -0.25) is 4.99 Å². The van der Waals surface area contributed by atoms with Crippen molar-refractivity contribution in [2.24, 2.45) is 10.7 Å². The minimum Gasteiger partial charge on any atom is -0.463 e. The van der Waals surface area contributed by atoms with Crippen molar-refractivity contribution >= 4 is 27.6 Å². The summed E-state index contributed by atoms with van der Waals surface area (Å²) in [5.74, 6) is 0.259. The molecular formula is C22H21F3N4O3S. The lowest BCUT2D eigenvalue weighted by Crippen LogP contribution is -2.58.